The summed E-state index contributed by atoms with van der Waals surface area (Å²) >= 11 is 0. The van der Waals surface area contributed by atoms with E-state index in [1.165, 1.54) is 0 Å². The molecule has 1 aromatic heterocycles. The third-order valence-electron chi connectivity index (χ3n) is 6.14. The second kappa shape index (κ2) is 11.2. The largest absolute Gasteiger partial charge is 0.475 e. The number of fused-ring (bicyclic) bond motifs is 1. The fraction of sp³-hybridized carbons (Fsp3) is 0.480. The molecule has 4 rings (SSSR count). The first-order valence-corrected chi connectivity index (χ1v) is 11.7. The van der Waals surface area contributed by atoms with Crippen molar-refractivity contribution < 1.29 is 14.3 Å². The number of ether oxygens (including phenoxy) is 2. The summed E-state index contributed by atoms with van der Waals surface area (Å²) in [5, 5.41) is 13.2. The van der Waals surface area contributed by atoms with E-state index < -0.39 is 0 Å². The number of carbonyl (C=O) groups excluding carboxylic acids is 1. The van der Waals surface area contributed by atoms with Gasteiger partial charge >= 0.3 is 6.09 Å². The first kappa shape index (κ1) is 23.8. The maximum atomic E-state index is 12.6. The lowest BCUT2D eigenvalue weighted by Gasteiger charge is -2.37. The molecular formula is C25H32N6O3. The molecule has 0 atom stereocenters. The summed E-state index contributed by atoms with van der Waals surface area (Å²) in [6, 6.07) is 12.0. The van der Waals surface area contributed by atoms with Gasteiger partial charge in [0, 0.05) is 44.8 Å². The molecule has 1 N–H and O–H groups in total. The summed E-state index contributed by atoms with van der Waals surface area (Å²) in [6.07, 6.45) is 0.513. The maximum absolute atomic E-state index is 12.6. The van der Waals surface area contributed by atoms with Crippen LogP contribution in [-0.2, 0) is 24.3 Å². The molecule has 34 heavy (non-hydrogen) atoms. The molecular weight excluding hydrogens is 432 g/mol. The second-order valence-electron chi connectivity index (χ2n) is 8.78. The zero-order chi connectivity index (χ0) is 23.9. The minimum atomic E-state index is -0.296. The highest BCUT2D eigenvalue weighted by Gasteiger charge is 2.29. The predicted octanol–water partition coefficient (Wildman–Crippen LogP) is 2.00. The molecule has 3 heterocycles. The fourth-order valence-electron chi connectivity index (χ4n) is 4.24. The van der Waals surface area contributed by atoms with Crippen molar-refractivity contribution in [3.05, 3.63) is 52.6 Å². The topological polar surface area (TPSA) is 94.0 Å². The van der Waals surface area contributed by atoms with Crippen LogP contribution in [0.15, 0.2) is 30.3 Å². The highest BCUT2D eigenvalue weighted by molar-refractivity contribution is 5.68. The summed E-state index contributed by atoms with van der Waals surface area (Å²) in [5.41, 5.74) is 3.57. The zero-order valence-electron chi connectivity index (χ0n) is 19.9. The van der Waals surface area contributed by atoms with Crippen LogP contribution < -0.4 is 15.0 Å². The normalized spacial score (nSPS) is 15.6. The van der Waals surface area contributed by atoms with E-state index >= 15 is 0 Å². The summed E-state index contributed by atoms with van der Waals surface area (Å²) in [7, 11) is 3.96. The summed E-state index contributed by atoms with van der Waals surface area (Å²) in [5.74, 6) is 1.26. The van der Waals surface area contributed by atoms with Gasteiger partial charge in [-0.2, -0.15) is 10.2 Å². The number of benzene rings is 1. The van der Waals surface area contributed by atoms with Gasteiger partial charge in [-0.3, -0.25) is 0 Å². The number of rotatable bonds is 7. The van der Waals surface area contributed by atoms with Crippen LogP contribution in [0.5, 0.6) is 5.88 Å². The lowest BCUT2D eigenvalue weighted by atomic mass is 9.97. The van der Waals surface area contributed by atoms with Crippen molar-refractivity contribution in [3.8, 4) is 11.9 Å². The van der Waals surface area contributed by atoms with Crippen LogP contribution in [0.2, 0.25) is 0 Å². The van der Waals surface area contributed by atoms with Crippen LogP contribution in [0, 0.1) is 11.3 Å². The Balaban J connectivity index is 1.45. The van der Waals surface area contributed by atoms with Crippen molar-refractivity contribution >= 4 is 11.9 Å². The number of nitrogens with zero attached hydrogens (tertiary/aromatic N) is 5. The third kappa shape index (κ3) is 5.58. The van der Waals surface area contributed by atoms with Crippen LogP contribution in [0.1, 0.15) is 22.3 Å². The number of pyridine rings is 1. The van der Waals surface area contributed by atoms with Gasteiger partial charge in [0.1, 0.15) is 30.7 Å². The van der Waals surface area contributed by atoms with Crippen molar-refractivity contribution in [1.82, 2.24) is 20.1 Å². The Morgan fingerprint density at radius 2 is 1.94 bits per heavy atom. The smallest absolute Gasteiger partial charge is 0.410 e. The standard InChI is InChI=1S/C25H32N6O3/c1-29(2)14-15-33-24-21(16-26)22-17-27-9-8-20(22)23(28-24)30-10-12-31(13-11-30)25(32)34-18-19-6-4-3-5-7-19/h3-7,27H,8-15,17-18H2,1-2H3. The van der Waals surface area contributed by atoms with E-state index in [9.17, 15) is 10.1 Å². The van der Waals surface area contributed by atoms with Gasteiger partial charge in [-0.15, -0.1) is 0 Å². The van der Waals surface area contributed by atoms with Gasteiger partial charge in [0.15, 0.2) is 0 Å². The number of carbonyl (C=O) groups is 1. The highest BCUT2D eigenvalue weighted by atomic mass is 16.6. The van der Waals surface area contributed by atoms with Gasteiger partial charge in [0.25, 0.3) is 0 Å². The minimum absolute atomic E-state index is 0.269. The molecule has 0 aliphatic carbocycles. The van der Waals surface area contributed by atoms with Crippen molar-refractivity contribution in [2.75, 3.05) is 64.9 Å². The molecule has 2 aliphatic heterocycles. The molecule has 1 saturated heterocycles. The van der Waals surface area contributed by atoms with Gasteiger partial charge in [-0.05, 0) is 38.2 Å². The summed E-state index contributed by atoms with van der Waals surface area (Å²) in [4.78, 5) is 23.4. The van der Waals surface area contributed by atoms with Gasteiger partial charge in [-0.1, -0.05) is 30.3 Å². The molecule has 0 radical (unpaired) electrons. The van der Waals surface area contributed by atoms with E-state index in [1.807, 2.05) is 49.3 Å². The molecule has 1 aromatic carbocycles. The van der Waals surface area contributed by atoms with Crippen molar-refractivity contribution in [2.24, 2.45) is 0 Å². The van der Waals surface area contributed by atoms with Gasteiger partial charge in [-0.25, -0.2) is 4.79 Å². The van der Waals surface area contributed by atoms with Crippen LogP contribution in [-0.4, -0.2) is 80.8 Å². The zero-order valence-corrected chi connectivity index (χ0v) is 19.9. The molecule has 1 fully saturated rings. The Kier molecular flexibility index (Phi) is 7.83. The van der Waals surface area contributed by atoms with Gasteiger partial charge in [0.2, 0.25) is 5.88 Å². The number of anilines is 1. The SMILES string of the molecule is CN(C)CCOc1nc(N2CCN(C(=O)OCc3ccccc3)CC2)c2c(c1C#N)CNCC2. The van der Waals surface area contributed by atoms with E-state index in [0.717, 1.165) is 42.0 Å². The number of hydrogen-bond donors (Lipinski definition) is 1. The van der Waals surface area contributed by atoms with E-state index in [0.29, 0.717) is 50.8 Å². The first-order chi connectivity index (χ1) is 16.6. The average molecular weight is 465 g/mol. The molecule has 9 nitrogen and oxygen atoms in total. The molecule has 9 heteroatoms. The van der Waals surface area contributed by atoms with Crippen LogP contribution >= 0.6 is 0 Å². The Hall–Kier alpha value is -3.35. The minimum Gasteiger partial charge on any atom is -0.475 e. The Bertz CT molecular complexity index is 1030. The maximum Gasteiger partial charge on any atom is 0.410 e. The molecule has 0 spiro atoms. The number of piperazine rings is 1. The number of amides is 1. The molecule has 1 amide bonds. The number of hydrogen-bond acceptors (Lipinski definition) is 8. The number of likely N-dealkylation sites (N-methyl/N-ethyl adjacent to an activating group) is 1. The average Bonchev–Trinajstić information content (AvgIpc) is 2.87. The molecule has 0 unspecified atom stereocenters. The van der Waals surface area contributed by atoms with E-state index in [-0.39, 0.29) is 12.7 Å². The fourth-order valence-corrected chi connectivity index (χ4v) is 4.24. The van der Waals surface area contributed by atoms with E-state index in [1.54, 1.807) is 4.90 Å². The molecule has 2 aliphatic rings. The summed E-state index contributed by atoms with van der Waals surface area (Å²) < 4.78 is 11.5. The number of aromatic nitrogens is 1. The number of nitrogens with one attached hydrogen (secondary N) is 1. The Morgan fingerprint density at radius 1 is 1.18 bits per heavy atom. The third-order valence-corrected chi connectivity index (χ3v) is 6.14. The van der Waals surface area contributed by atoms with Crippen LogP contribution in [0.4, 0.5) is 10.6 Å². The van der Waals surface area contributed by atoms with Crippen molar-refractivity contribution in [1.29, 1.82) is 5.26 Å². The lowest BCUT2D eigenvalue weighted by Crippen LogP contribution is -2.49. The predicted molar refractivity (Wildman–Crippen MR) is 129 cm³/mol. The van der Waals surface area contributed by atoms with Gasteiger partial charge in [0.05, 0.1) is 0 Å². The van der Waals surface area contributed by atoms with Crippen LogP contribution in [0.25, 0.3) is 0 Å². The molecule has 2 aromatic rings. The molecule has 0 bridgehead atoms. The number of nitriles is 1. The summed E-state index contributed by atoms with van der Waals surface area (Å²) in [6.45, 7) is 5.35. The molecule has 180 valence electrons. The molecule has 0 saturated carbocycles. The van der Waals surface area contributed by atoms with Crippen LogP contribution in [0.3, 0.4) is 0 Å². The second-order valence-corrected chi connectivity index (χ2v) is 8.78. The highest BCUT2D eigenvalue weighted by Crippen LogP contribution is 2.33. The van der Waals surface area contributed by atoms with Gasteiger partial charge < -0.3 is 29.5 Å². The Labute approximate surface area is 200 Å². The van der Waals surface area contributed by atoms with E-state index in [2.05, 4.69) is 16.3 Å². The van der Waals surface area contributed by atoms with Crippen molar-refractivity contribution in [2.45, 2.75) is 19.6 Å². The van der Waals surface area contributed by atoms with E-state index in [4.69, 9.17) is 14.5 Å². The monoisotopic (exact) mass is 464 g/mol. The quantitative estimate of drug-likeness (QED) is 0.665. The lowest BCUT2D eigenvalue weighted by molar-refractivity contribution is 0.0941. The van der Waals surface area contributed by atoms with Crippen molar-refractivity contribution in [3.63, 3.8) is 0 Å². The first-order valence-electron chi connectivity index (χ1n) is 11.7. The Morgan fingerprint density at radius 3 is 2.65 bits per heavy atom.